The molecule has 2 aromatic carbocycles. The average Bonchev–Trinajstić information content (AvgIpc) is 2.44. The number of aliphatic hydroxyl groups is 1. The molecule has 1 N–H and O–H groups in total. The lowest BCUT2D eigenvalue weighted by Gasteiger charge is -2.13. The van der Waals surface area contributed by atoms with Crippen molar-refractivity contribution in [3.63, 3.8) is 0 Å². The Morgan fingerprint density at radius 3 is 2.60 bits per heavy atom. The molecule has 0 saturated heterocycles. The van der Waals surface area contributed by atoms with Gasteiger partial charge in [0.05, 0.1) is 6.10 Å². The van der Waals surface area contributed by atoms with Crippen LogP contribution in [-0.2, 0) is 0 Å². The Bertz CT molecular complexity index is 571. The fourth-order valence-corrected chi connectivity index (χ4v) is 2.00. The van der Waals surface area contributed by atoms with Crippen molar-refractivity contribution in [2.45, 2.75) is 20.0 Å². The Labute approximate surface area is 120 Å². The molecule has 2 rings (SSSR count). The van der Waals surface area contributed by atoms with E-state index >= 15 is 0 Å². The van der Waals surface area contributed by atoms with Gasteiger partial charge in [0.25, 0.3) is 0 Å². The van der Waals surface area contributed by atoms with Crippen LogP contribution < -0.4 is 4.74 Å². The van der Waals surface area contributed by atoms with Crippen molar-refractivity contribution in [1.29, 1.82) is 0 Å². The first-order valence-electron chi connectivity index (χ1n) is 6.80. The summed E-state index contributed by atoms with van der Waals surface area (Å²) in [5.74, 6) is 0.748. The van der Waals surface area contributed by atoms with Crippen molar-refractivity contribution >= 4 is 6.08 Å². The normalized spacial score (nSPS) is 12.6. The summed E-state index contributed by atoms with van der Waals surface area (Å²) in [4.78, 5) is 0. The van der Waals surface area contributed by atoms with Crippen LogP contribution in [0.5, 0.6) is 5.75 Å². The highest BCUT2D eigenvalue weighted by atomic mass is 16.5. The van der Waals surface area contributed by atoms with E-state index in [-0.39, 0.29) is 0 Å². The van der Waals surface area contributed by atoms with Crippen LogP contribution in [0, 0.1) is 6.92 Å². The van der Waals surface area contributed by atoms with Crippen LogP contribution in [0.4, 0.5) is 0 Å². The van der Waals surface area contributed by atoms with Crippen LogP contribution in [0.25, 0.3) is 6.08 Å². The minimum Gasteiger partial charge on any atom is -0.489 e. The van der Waals surface area contributed by atoms with E-state index < -0.39 is 6.10 Å². The molecular formula is C18H20O2. The predicted octanol–water partition coefficient (Wildman–Crippen LogP) is 4.14. The first-order chi connectivity index (χ1) is 9.66. The number of hydrogen-bond donors (Lipinski definition) is 1. The Balaban J connectivity index is 2.00. The molecule has 0 bridgehead atoms. The number of rotatable bonds is 5. The third-order valence-corrected chi connectivity index (χ3v) is 3.06. The lowest BCUT2D eigenvalue weighted by Crippen LogP contribution is -2.00. The highest BCUT2D eigenvalue weighted by Crippen LogP contribution is 2.26. The van der Waals surface area contributed by atoms with Crippen LogP contribution in [0.1, 0.15) is 29.7 Å². The summed E-state index contributed by atoms with van der Waals surface area (Å²) < 4.78 is 5.75. The second-order valence-electron chi connectivity index (χ2n) is 4.84. The summed E-state index contributed by atoms with van der Waals surface area (Å²) in [6, 6.07) is 16.0. The molecule has 0 aromatic heterocycles. The number of aryl methyl sites for hydroxylation is 1. The summed E-state index contributed by atoms with van der Waals surface area (Å²) in [7, 11) is 0. The second-order valence-corrected chi connectivity index (χ2v) is 4.84. The first kappa shape index (κ1) is 14.4. The van der Waals surface area contributed by atoms with Crippen molar-refractivity contribution in [3.8, 4) is 5.75 Å². The zero-order valence-corrected chi connectivity index (χ0v) is 11.9. The summed E-state index contributed by atoms with van der Waals surface area (Å²) in [5.41, 5.74) is 3.09. The summed E-state index contributed by atoms with van der Waals surface area (Å²) in [5, 5.41) is 9.73. The molecule has 0 aliphatic rings. The van der Waals surface area contributed by atoms with Crippen molar-refractivity contribution in [2.24, 2.45) is 0 Å². The zero-order valence-electron chi connectivity index (χ0n) is 11.9. The first-order valence-corrected chi connectivity index (χ1v) is 6.80. The topological polar surface area (TPSA) is 29.5 Å². The van der Waals surface area contributed by atoms with Gasteiger partial charge in [0.1, 0.15) is 12.4 Å². The van der Waals surface area contributed by atoms with Gasteiger partial charge in [0.15, 0.2) is 0 Å². The fourth-order valence-electron chi connectivity index (χ4n) is 2.00. The van der Waals surface area contributed by atoms with Crippen LogP contribution in [0.15, 0.2) is 54.6 Å². The standard InChI is InChI=1S/C18H20O2/c1-14-10-11-17(15(2)19)18(13-14)20-12-6-9-16-7-4-3-5-8-16/h3-11,13,15,19H,12H2,1-2H3/t15-/m0/s1. The molecule has 0 heterocycles. The second kappa shape index (κ2) is 6.92. The molecule has 0 amide bonds. The number of hydrogen-bond acceptors (Lipinski definition) is 2. The highest BCUT2D eigenvalue weighted by Gasteiger charge is 2.08. The number of benzene rings is 2. The molecule has 104 valence electrons. The van der Waals surface area contributed by atoms with E-state index in [0.29, 0.717) is 6.61 Å². The number of ether oxygens (including phenoxy) is 1. The summed E-state index contributed by atoms with van der Waals surface area (Å²) >= 11 is 0. The molecule has 1 atom stereocenters. The third-order valence-electron chi connectivity index (χ3n) is 3.06. The highest BCUT2D eigenvalue weighted by molar-refractivity contribution is 5.48. The van der Waals surface area contributed by atoms with Crippen LogP contribution in [-0.4, -0.2) is 11.7 Å². The van der Waals surface area contributed by atoms with Crippen molar-refractivity contribution in [2.75, 3.05) is 6.61 Å². The summed E-state index contributed by atoms with van der Waals surface area (Å²) in [6.07, 6.45) is 3.48. The van der Waals surface area contributed by atoms with Gasteiger partial charge in [-0.1, -0.05) is 48.5 Å². The van der Waals surface area contributed by atoms with Gasteiger partial charge in [-0.05, 0) is 37.1 Å². The van der Waals surface area contributed by atoms with Gasteiger partial charge in [-0.15, -0.1) is 0 Å². The smallest absolute Gasteiger partial charge is 0.125 e. The summed E-state index contributed by atoms with van der Waals surface area (Å²) in [6.45, 7) is 4.24. The van der Waals surface area contributed by atoms with E-state index in [9.17, 15) is 5.11 Å². The van der Waals surface area contributed by atoms with Crippen LogP contribution in [0.2, 0.25) is 0 Å². The molecule has 20 heavy (non-hydrogen) atoms. The Morgan fingerprint density at radius 1 is 1.15 bits per heavy atom. The monoisotopic (exact) mass is 268 g/mol. The molecule has 2 nitrogen and oxygen atoms in total. The van der Waals surface area contributed by atoms with Crippen molar-refractivity contribution < 1.29 is 9.84 Å². The zero-order chi connectivity index (χ0) is 14.4. The molecule has 0 spiro atoms. The molecule has 0 aliphatic heterocycles. The fraction of sp³-hybridized carbons (Fsp3) is 0.222. The largest absolute Gasteiger partial charge is 0.489 e. The van der Waals surface area contributed by atoms with Gasteiger partial charge in [-0.3, -0.25) is 0 Å². The van der Waals surface area contributed by atoms with Crippen molar-refractivity contribution in [3.05, 3.63) is 71.3 Å². The van der Waals surface area contributed by atoms with Gasteiger partial charge < -0.3 is 9.84 Å². The molecule has 0 saturated carbocycles. The molecule has 2 aromatic rings. The molecule has 2 heteroatoms. The van der Waals surface area contributed by atoms with Gasteiger partial charge >= 0.3 is 0 Å². The van der Waals surface area contributed by atoms with E-state index in [4.69, 9.17) is 4.74 Å². The maximum atomic E-state index is 9.73. The van der Waals surface area contributed by atoms with E-state index in [0.717, 1.165) is 22.4 Å². The Morgan fingerprint density at radius 2 is 1.90 bits per heavy atom. The Kier molecular flexibility index (Phi) is 4.97. The molecule has 0 fully saturated rings. The van der Waals surface area contributed by atoms with Crippen LogP contribution in [0.3, 0.4) is 0 Å². The lowest BCUT2D eigenvalue weighted by molar-refractivity contribution is 0.193. The van der Waals surface area contributed by atoms with Gasteiger partial charge in [-0.2, -0.15) is 0 Å². The van der Waals surface area contributed by atoms with E-state index in [1.165, 1.54) is 0 Å². The van der Waals surface area contributed by atoms with E-state index in [1.54, 1.807) is 6.92 Å². The number of aliphatic hydroxyl groups excluding tert-OH is 1. The quantitative estimate of drug-likeness (QED) is 0.883. The maximum absolute atomic E-state index is 9.73. The van der Waals surface area contributed by atoms with Crippen molar-refractivity contribution in [1.82, 2.24) is 0 Å². The van der Waals surface area contributed by atoms with E-state index in [1.807, 2.05) is 67.6 Å². The van der Waals surface area contributed by atoms with E-state index in [2.05, 4.69) is 0 Å². The molecule has 0 unspecified atom stereocenters. The SMILES string of the molecule is Cc1ccc([C@H](C)O)c(OCC=Cc2ccccc2)c1. The average molecular weight is 268 g/mol. The van der Waals surface area contributed by atoms with Gasteiger partial charge in [-0.25, -0.2) is 0 Å². The third kappa shape index (κ3) is 3.97. The molecular weight excluding hydrogens is 248 g/mol. The molecule has 0 aliphatic carbocycles. The van der Waals surface area contributed by atoms with Crippen LogP contribution >= 0.6 is 0 Å². The van der Waals surface area contributed by atoms with Gasteiger partial charge in [0.2, 0.25) is 0 Å². The van der Waals surface area contributed by atoms with Gasteiger partial charge in [0, 0.05) is 5.56 Å². The minimum atomic E-state index is -0.524. The Hall–Kier alpha value is -2.06. The minimum absolute atomic E-state index is 0.484. The maximum Gasteiger partial charge on any atom is 0.125 e. The lowest BCUT2D eigenvalue weighted by atomic mass is 10.1. The molecule has 0 radical (unpaired) electrons. The predicted molar refractivity (Wildman–Crippen MR) is 82.8 cm³/mol.